The zero-order valence-electron chi connectivity index (χ0n) is 20.3. The Hall–Kier alpha value is -4.26. The predicted octanol–water partition coefficient (Wildman–Crippen LogP) is 8.01. The molecule has 0 aliphatic carbocycles. The van der Waals surface area contributed by atoms with Crippen LogP contribution in [0.5, 0.6) is 23.0 Å². The molecule has 0 bridgehead atoms. The molecule has 0 aliphatic heterocycles. The number of rotatable bonds is 7. The first-order valence-electron chi connectivity index (χ1n) is 11.7. The van der Waals surface area contributed by atoms with Gasteiger partial charge in [0.1, 0.15) is 23.0 Å². The first-order chi connectivity index (χ1) is 18.3. The van der Waals surface area contributed by atoms with Gasteiger partial charge in [-0.3, -0.25) is 0 Å². The maximum atomic E-state index is 14.0. The Bertz CT molecular complexity index is 1680. The van der Waals surface area contributed by atoms with Crippen LogP contribution in [0, 0.1) is 0 Å². The van der Waals surface area contributed by atoms with E-state index in [9.17, 15) is 13.5 Å². The minimum absolute atomic E-state index is 0.0298. The maximum Gasteiger partial charge on any atom is 0.207 e. The van der Waals surface area contributed by atoms with E-state index in [4.69, 9.17) is 21.1 Å². The van der Waals surface area contributed by atoms with Gasteiger partial charge in [-0.1, -0.05) is 54.1 Å². The summed E-state index contributed by atoms with van der Waals surface area (Å²) in [7, 11) is -2.39. The van der Waals surface area contributed by atoms with Crippen LogP contribution in [0.3, 0.4) is 0 Å². The molecular weight excluding hydrogens is 520 g/mol. The van der Waals surface area contributed by atoms with Crippen LogP contribution >= 0.6 is 11.6 Å². The number of benzene rings is 5. The van der Waals surface area contributed by atoms with E-state index in [-0.39, 0.29) is 15.5 Å². The number of ether oxygens (including phenoxy) is 2. The smallest absolute Gasteiger partial charge is 0.207 e. The molecule has 0 saturated heterocycles. The zero-order chi connectivity index (χ0) is 26.7. The van der Waals surface area contributed by atoms with E-state index in [2.05, 4.69) is 0 Å². The van der Waals surface area contributed by atoms with Crippen molar-refractivity contribution in [2.24, 2.45) is 0 Å². The molecule has 0 fully saturated rings. The molecule has 0 aromatic heterocycles. The van der Waals surface area contributed by atoms with Gasteiger partial charge in [0.15, 0.2) is 0 Å². The standard InChI is InChI=1S/C31H23ClO5S/c1-36-24-11-13-25(14-12-24)37-26-15-18-31(29(19-26)21-5-3-2-4-6-21)38(34,35)27-16-17-30(33)28(20-27)22-7-9-23(32)10-8-22/h2-20,33H,1H3. The van der Waals surface area contributed by atoms with Gasteiger partial charge >= 0.3 is 0 Å². The lowest BCUT2D eigenvalue weighted by molar-refractivity contribution is 0.413. The lowest BCUT2D eigenvalue weighted by Gasteiger charge is -2.15. The lowest BCUT2D eigenvalue weighted by atomic mass is 10.1. The highest BCUT2D eigenvalue weighted by atomic mass is 35.5. The third-order valence-corrected chi connectivity index (χ3v) is 8.12. The van der Waals surface area contributed by atoms with Gasteiger partial charge in [-0.2, -0.15) is 0 Å². The minimum Gasteiger partial charge on any atom is -0.507 e. The SMILES string of the molecule is COc1ccc(Oc2ccc(S(=O)(=O)c3ccc(O)c(-c4ccc(Cl)cc4)c3)c(-c3ccccc3)c2)cc1. The van der Waals surface area contributed by atoms with Crippen molar-refractivity contribution in [3.63, 3.8) is 0 Å². The van der Waals surface area contributed by atoms with Crippen molar-refractivity contribution in [3.8, 4) is 45.3 Å². The van der Waals surface area contributed by atoms with E-state index in [1.54, 1.807) is 73.8 Å². The number of hydrogen-bond acceptors (Lipinski definition) is 5. The fourth-order valence-corrected chi connectivity index (χ4v) is 5.71. The van der Waals surface area contributed by atoms with E-state index in [1.165, 1.54) is 18.2 Å². The normalized spacial score (nSPS) is 11.2. The van der Waals surface area contributed by atoms with Gasteiger partial charge in [-0.25, -0.2) is 8.42 Å². The van der Waals surface area contributed by atoms with Gasteiger partial charge in [0.2, 0.25) is 9.84 Å². The van der Waals surface area contributed by atoms with Crippen LogP contribution in [0.15, 0.2) is 125 Å². The summed E-state index contributed by atoms with van der Waals surface area (Å²) in [5.41, 5.74) is 2.26. The van der Waals surface area contributed by atoms with Crippen LogP contribution in [0.25, 0.3) is 22.3 Å². The van der Waals surface area contributed by atoms with Crippen LogP contribution in [0.1, 0.15) is 0 Å². The van der Waals surface area contributed by atoms with Crippen molar-refractivity contribution < 1.29 is 23.0 Å². The number of phenols is 1. The van der Waals surface area contributed by atoms with Crippen LogP contribution in [0.2, 0.25) is 5.02 Å². The monoisotopic (exact) mass is 542 g/mol. The molecule has 190 valence electrons. The Kier molecular flexibility index (Phi) is 7.09. The summed E-state index contributed by atoms with van der Waals surface area (Å²) < 4.78 is 39.1. The number of aromatic hydroxyl groups is 1. The second kappa shape index (κ2) is 10.6. The number of sulfone groups is 1. The van der Waals surface area contributed by atoms with Gasteiger partial charge in [-0.15, -0.1) is 0 Å². The molecular formula is C31H23ClO5S. The molecule has 7 heteroatoms. The Labute approximate surface area is 226 Å². The topological polar surface area (TPSA) is 72.8 Å². The number of phenolic OH excluding ortho intramolecular Hbond substituents is 1. The number of hydrogen-bond donors (Lipinski definition) is 1. The Morgan fingerprint density at radius 3 is 1.97 bits per heavy atom. The zero-order valence-corrected chi connectivity index (χ0v) is 21.9. The van der Waals surface area contributed by atoms with E-state index in [1.807, 2.05) is 30.3 Å². The largest absolute Gasteiger partial charge is 0.507 e. The summed E-state index contributed by atoms with van der Waals surface area (Å²) in [6.45, 7) is 0. The van der Waals surface area contributed by atoms with Crippen molar-refractivity contribution in [1.82, 2.24) is 0 Å². The lowest BCUT2D eigenvalue weighted by Crippen LogP contribution is -2.05. The molecule has 0 spiro atoms. The maximum absolute atomic E-state index is 14.0. The van der Waals surface area contributed by atoms with Crippen LogP contribution in [0.4, 0.5) is 0 Å². The molecule has 5 nitrogen and oxygen atoms in total. The predicted molar refractivity (Wildman–Crippen MR) is 149 cm³/mol. The quantitative estimate of drug-likeness (QED) is 0.225. The highest BCUT2D eigenvalue weighted by molar-refractivity contribution is 7.91. The number of methoxy groups -OCH3 is 1. The van der Waals surface area contributed by atoms with Crippen molar-refractivity contribution in [2.45, 2.75) is 9.79 Å². The fraction of sp³-hybridized carbons (Fsp3) is 0.0323. The van der Waals surface area contributed by atoms with Gasteiger partial charge in [0, 0.05) is 16.1 Å². The van der Waals surface area contributed by atoms with Gasteiger partial charge in [0.05, 0.1) is 16.9 Å². The molecule has 0 unspecified atom stereocenters. The van der Waals surface area contributed by atoms with Crippen molar-refractivity contribution in [1.29, 1.82) is 0 Å². The first kappa shape index (κ1) is 25.4. The highest BCUT2D eigenvalue weighted by Crippen LogP contribution is 2.38. The van der Waals surface area contributed by atoms with Crippen LogP contribution in [-0.4, -0.2) is 20.6 Å². The van der Waals surface area contributed by atoms with Gasteiger partial charge < -0.3 is 14.6 Å². The molecule has 0 saturated carbocycles. The summed E-state index contributed by atoms with van der Waals surface area (Å²) in [6.07, 6.45) is 0. The van der Waals surface area contributed by atoms with Crippen LogP contribution < -0.4 is 9.47 Å². The molecule has 5 aromatic rings. The van der Waals surface area contributed by atoms with Crippen molar-refractivity contribution in [3.05, 3.63) is 120 Å². The molecule has 5 rings (SSSR count). The second-order valence-corrected chi connectivity index (χ2v) is 10.8. The Morgan fingerprint density at radius 2 is 1.29 bits per heavy atom. The second-order valence-electron chi connectivity index (χ2n) is 8.49. The summed E-state index contributed by atoms with van der Waals surface area (Å²) >= 11 is 6.00. The Morgan fingerprint density at radius 1 is 0.658 bits per heavy atom. The molecule has 0 heterocycles. The molecule has 0 radical (unpaired) electrons. The molecule has 0 atom stereocenters. The molecule has 5 aromatic carbocycles. The highest BCUT2D eigenvalue weighted by Gasteiger charge is 2.24. The molecule has 38 heavy (non-hydrogen) atoms. The van der Waals surface area contributed by atoms with E-state index >= 15 is 0 Å². The van der Waals surface area contributed by atoms with Crippen LogP contribution in [-0.2, 0) is 9.84 Å². The summed E-state index contributed by atoms with van der Waals surface area (Å²) in [5, 5.41) is 11.0. The third-order valence-electron chi connectivity index (χ3n) is 6.05. The summed E-state index contributed by atoms with van der Waals surface area (Å²) in [5.74, 6) is 1.75. The van der Waals surface area contributed by atoms with E-state index < -0.39 is 9.84 Å². The molecule has 0 amide bonds. The van der Waals surface area contributed by atoms with Crippen molar-refractivity contribution in [2.75, 3.05) is 7.11 Å². The minimum atomic E-state index is -3.98. The fourth-order valence-electron chi connectivity index (χ4n) is 4.10. The number of halogens is 1. The van der Waals surface area contributed by atoms with E-state index in [0.29, 0.717) is 39.0 Å². The average Bonchev–Trinajstić information content (AvgIpc) is 2.94. The first-order valence-corrected chi connectivity index (χ1v) is 13.6. The molecule has 0 aliphatic rings. The van der Waals surface area contributed by atoms with Crippen molar-refractivity contribution >= 4 is 21.4 Å². The van der Waals surface area contributed by atoms with Gasteiger partial charge in [0.25, 0.3) is 0 Å². The Balaban J connectivity index is 1.59. The summed E-state index contributed by atoms with van der Waals surface area (Å²) in [4.78, 5) is 0.180. The molecule has 1 N–H and O–H groups in total. The van der Waals surface area contributed by atoms with E-state index in [0.717, 1.165) is 5.56 Å². The third kappa shape index (κ3) is 5.23. The van der Waals surface area contributed by atoms with Gasteiger partial charge in [-0.05, 0) is 83.9 Å². The average molecular weight is 543 g/mol. The summed E-state index contributed by atoms with van der Waals surface area (Å²) in [6, 6.07) is 32.4.